The summed E-state index contributed by atoms with van der Waals surface area (Å²) in [4.78, 5) is 24.4. The van der Waals surface area contributed by atoms with Crippen LogP contribution in [0.1, 0.15) is 15.9 Å². The summed E-state index contributed by atoms with van der Waals surface area (Å²) in [5.41, 5.74) is 0.217. The number of H-pyrrole nitrogens is 1. The molecule has 2 N–H and O–H groups in total. The van der Waals surface area contributed by atoms with E-state index in [0.717, 1.165) is 11.6 Å². The van der Waals surface area contributed by atoms with E-state index in [1.54, 1.807) is 19.1 Å². The molecule has 1 heterocycles. The number of aromatic amines is 1. The van der Waals surface area contributed by atoms with Crippen molar-refractivity contribution < 1.29 is 14.3 Å². The topological polar surface area (TPSA) is 70.2 Å². The molecule has 18 heavy (non-hydrogen) atoms. The summed E-state index contributed by atoms with van der Waals surface area (Å²) >= 11 is 0. The first-order valence-electron chi connectivity index (χ1n) is 5.21. The van der Waals surface area contributed by atoms with Crippen molar-refractivity contribution >= 4 is 5.97 Å². The number of carboxylic acid groups (broad SMARTS) is 1. The van der Waals surface area contributed by atoms with Crippen molar-refractivity contribution in [1.82, 2.24) is 4.98 Å². The average Bonchev–Trinajstić information content (AvgIpc) is 2.30. The summed E-state index contributed by atoms with van der Waals surface area (Å²) in [5, 5.41) is 8.84. The summed E-state index contributed by atoms with van der Waals surface area (Å²) in [6.07, 6.45) is 1.29. The number of benzene rings is 1. The maximum absolute atomic E-state index is 13.7. The highest BCUT2D eigenvalue weighted by Crippen LogP contribution is 2.22. The smallest absolute Gasteiger partial charge is 0.341 e. The summed E-state index contributed by atoms with van der Waals surface area (Å²) in [6, 6.07) is 5.77. The number of carboxylic acids is 1. The molecule has 2 aromatic rings. The monoisotopic (exact) mass is 247 g/mol. The third-order valence-electron chi connectivity index (χ3n) is 2.57. The molecule has 2 rings (SSSR count). The van der Waals surface area contributed by atoms with Crippen molar-refractivity contribution in [3.05, 3.63) is 57.8 Å². The molecule has 0 aliphatic heterocycles. The van der Waals surface area contributed by atoms with Crippen molar-refractivity contribution in [2.75, 3.05) is 0 Å². The second kappa shape index (κ2) is 4.44. The van der Waals surface area contributed by atoms with Crippen LogP contribution in [0.4, 0.5) is 4.39 Å². The van der Waals surface area contributed by atoms with E-state index >= 15 is 0 Å². The van der Waals surface area contributed by atoms with E-state index in [-0.39, 0.29) is 5.56 Å². The fourth-order valence-electron chi connectivity index (χ4n) is 1.65. The van der Waals surface area contributed by atoms with E-state index in [9.17, 15) is 14.0 Å². The zero-order valence-electron chi connectivity index (χ0n) is 9.53. The summed E-state index contributed by atoms with van der Waals surface area (Å²) < 4.78 is 13.7. The van der Waals surface area contributed by atoms with Crippen LogP contribution in [0.25, 0.3) is 11.1 Å². The van der Waals surface area contributed by atoms with E-state index in [0.29, 0.717) is 5.56 Å². The summed E-state index contributed by atoms with van der Waals surface area (Å²) in [7, 11) is 0. The van der Waals surface area contributed by atoms with Crippen LogP contribution >= 0.6 is 0 Å². The minimum atomic E-state index is -1.34. The van der Waals surface area contributed by atoms with E-state index in [1.165, 1.54) is 12.3 Å². The Morgan fingerprint density at radius 1 is 1.33 bits per heavy atom. The van der Waals surface area contributed by atoms with Gasteiger partial charge in [-0.05, 0) is 24.6 Å². The largest absolute Gasteiger partial charge is 0.477 e. The van der Waals surface area contributed by atoms with E-state index < -0.39 is 22.9 Å². The molecule has 0 aliphatic rings. The molecule has 0 saturated carbocycles. The SMILES string of the molecule is Cc1ccc(-c2c[nH]c(=O)c(C(=O)O)c2)c(F)c1. The number of rotatable bonds is 2. The van der Waals surface area contributed by atoms with Crippen LogP contribution in [0.5, 0.6) is 0 Å². The van der Waals surface area contributed by atoms with Crippen molar-refractivity contribution in [2.24, 2.45) is 0 Å². The van der Waals surface area contributed by atoms with Gasteiger partial charge in [0.15, 0.2) is 0 Å². The molecule has 92 valence electrons. The Kier molecular flexibility index (Phi) is 2.97. The molecule has 0 aliphatic carbocycles. The van der Waals surface area contributed by atoms with Crippen LogP contribution in [-0.2, 0) is 0 Å². The fraction of sp³-hybridized carbons (Fsp3) is 0.0769. The second-order valence-electron chi connectivity index (χ2n) is 3.92. The van der Waals surface area contributed by atoms with Gasteiger partial charge >= 0.3 is 5.97 Å². The number of nitrogens with one attached hydrogen (secondary N) is 1. The lowest BCUT2D eigenvalue weighted by Gasteiger charge is -2.05. The lowest BCUT2D eigenvalue weighted by atomic mass is 10.0. The molecule has 0 radical (unpaired) electrons. The number of aromatic nitrogens is 1. The molecule has 0 unspecified atom stereocenters. The molecule has 0 bridgehead atoms. The maximum Gasteiger partial charge on any atom is 0.341 e. The quantitative estimate of drug-likeness (QED) is 0.854. The Balaban J connectivity index is 2.61. The minimum Gasteiger partial charge on any atom is -0.477 e. The summed E-state index contributed by atoms with van der Waals surface area (Å²) in [5.74, 6) is -1.80. The Bertz CT molecular complexity index is 676. The molecular weight excluding hydrogens is 237 g/mol. The molecule has 0 atom stereocenters. The first-order chi connectivity index (χ1) is 8.49. The molecule has 0 amide bonds. The fourth-order valence-corrected chi connectivity index (χ4v) is 1.65. The van der Waals surface area contributed by atoms with Gasteiger partial charge in [0.05, 0.1) is 0 Å². The third-order valence-corrected chi connectivity index (χ3v) is 2.57. The molecule has 1 aromatic heterocycles. The van der Waals surface area contributed by atoms with E-state index in [4.69, 9.17) is 5.11 Å². The summed E-state index contributed by atoms with van der Waals surface area (Å²) in [6.45, 7) is 1.75. The standard InChI is InChI=1S/C13H10FNO3/c1-7-2-3-9(11(14)4-7)8-5-10(13(17)18)12(16)15-6-8/h2-6H,1H3,(H,15,16)(H,17,18). The number of pyridine rings is 1. The average molecular weight is 247 g/mol. The first-order valence-corrected chi connectivity index (χ1v) is 5.21. The van der Waals surface area contributed by atoms with Gasteiger partial charge < -0.3 is 10.1 Å². The number of aryl methyl sites for hydroxylation is 1. The van der Waals surface area contributed by atoms with Crippen LogP contribution in [0.3, 0.4) is 0 Å². The molecular formula is C13H10FNO3. The van der Waals surface area contributed by atoms with Crippen molar-refractivity contribution in [2.45, 2.75) is 6.92 Å². The van der Waals surface area contributed by atoms with Crippen molar-refractivity contribution in [3.63, 3.8) is 0 Å². The number of hydrogen-bond donors (Lipinski definition) is 2. The first kappa shape index (κ1) is 12.0. The lowest BCUT2D eigenvalue weighted by molar-refractivity contribution is 0.0695. The van der Waals surface area contributed by atoms with Crippen molar-refractivity contribution in [3.8, 4) is 11.1 Å². The van der Waals surface area contributed by atoms with Gasteiger partial charge in [0.1, 0.15) is 11.4 Å². The predicted molar refractivity (Wildman–Crippen MR) is 64.2 cm³/mol. The molecule has 4 nitrogen and oxygen atoms in total. The Labute approximate surface area is 102 Å². The van der Waals surface area contributed by atoms with Gasteiger partial charge in [-0.1, -0.05) is 12.1 Å². The minimum absolute atomic E-state index is 0.249. The molecule has 0 spiro atoms. The maximum atomic E-state index is 13.7. The zero-order chi connectivity index (χ0) is 13.3. The van der Waals surface area contributed by atoms with Gasteiger partial charge in [-0.25, -0.2) is 9.18 Å². The number of aromatic carboxylic acids is 1. The highest BCUT2D eigenvalue weighted by atomic mass is 19.1. The number of hydrogen-bond acceptors (Lipinski definition) is 2. The van der Waals surface area contributed by atoms with E-state index in [2.05, 4.69) is 4.98 Å². The van der Waals surface area contributed by atoms with Gasteiger partial charge in [-0.3, -0.25) is 4.79 Å². The normalized spacial score (nSPS) is 10.3. The van der Waals surface area contributed by atoms with Gasteiger partial charge in [0.25, 0.3) is 5.56 Å². The van der Waals surface area contributed by atoms with Crippen LogP contribution in [0.15, 0.2) is 35.3 Å². The van der Waals surface area contributed by atoms with Crippen LogP contribution in [0.2, 0.25) is 0 Å². The lowest BCUT2D eigenvalue weighted by Crippen LogP contribution is -2.16. The molecule has 1 aromatic carbocycles. The molecule has 0 saturated heterocycles. The van der Waals surface area contributed by atoms with Gasteiger partial charge in [0, 0.05) is 17.3 Å². The van der Waals surface area contributed by atoms with Crippen LogP contribution in [0, 0.1) is 12.7 Å². The van der Waals surface area contributed by atoms with Gasteiger partial charge in [-0.2, -0.15) is 0 Å². The zero-order valence-corrected chi connectivity index (χ0v) is 9.53. The predicted octanol–water partition coefficient (Wildman–Crippen LogP) is 2.19. The second-order valence-corrected chi connectivity index (χ2v) is 3.92. The number of carbonyl (C=O) groups is 1. The number of halogens is 1. The Morgan fingerprint density at radius 3 is 2.67 bits per heavy atom. The van der Waals surface area contributed by atoms with E-state index in [1.807, 2.05) is 0 Å². The molecule has 5 heteroatoms. The third kappa shape index (κ3) is 2.15. The highest BCUT2D eigenvalue weighted by Gasteiger charge is 2.12. The Hall–Kier alpha value is -2.43. The van der Waals surface area contributed by atoms with Gasteiger partial charge in [0.2, 0.25) is 0 Å². The van der Waals surface area contributed by atoms with Crippen molar-refractivity contribution in [1.29, 1.82) is 0 Å². The highest BCUT2D eigenvalue weighted by molar-refractivity contribution is 5.88. The van der Waals surface area contributed by atoms with Crippen LogP contribution in [-0.4, -0.2) is 16.1 Å². The Morgan fingerprint density at radius 2 is 2.06 bits per heavy atom. The molecule has 0 fully saturated rings. The van der Waals surface area contributed by atoms with Gasteiger partial charge in [-0.15, -0.1) is 0 Å². The van der Waals surface area contributed by atoms with Crippen LogP contribution < -0.4 is 5.56 Å².